The van der Waals surface area contributed by atoms with Crippen LogP contribution < -0.4 is 5.43 Å². The van der Waals surface area contributed by atoms with Gasteiger partial charge in [-0.1, -0.05) is 11.8 Å². The standard InChI is InChI=1S/C10H16N6OS/c1-4-16-9(17)8(5-14(2)3)18-10(16)13-15-6-11-12-7-15/h5-7,10,13H,4H2,1-3H3/b8-5-/t10-/m1/s1. The fraction of sp³-hybridized carbons (Fsp3) is 0.500. The zero-order valence-electron chi connectivity index (χ0n) is 10.6. The van der Waals surface area contributed by atoms with E-state index in [1.54, 1.807) is 22.2 Å². The molecule has 1 saturated heterocycles. The van der Waals surface area contributed by atoms with E-state index in [1.165, 1.54) is 11.8 Å². The van der Waals surface area contributed by atoms with Crippen molar-refractivity contribution in [3.63, 3.8) is 0 Å². The molecule has 1 aliphatic rings. The molecule has 2 rings (SSSR count). The highest BCUT2D eigenvalue weighted by Crippen LogP contribution is 2.33. The van der Waals surface area contributed by atoms with Gasteiger partial charge in [0.05, 0.1) is 4.91 Å². The van der Waals surface area contributed by atoms with Crippen LogP contribution in [0.2, 0.25) is 0 Å². The maximum atomic E-state index is 12.1. The number of aromatic nitrogens is 3. The number of likely N-dealkylation sites (N-methyl/N-ethyl adjacent to an activating group) is 1. The number of amides is 1. The number of carbonyl (C=O) groups excluding carboxylic acids is 1. The topological polar surface area (TPSA) is 66.3 Å². The van der Waals surface area contributed by atoms with Gasteiger partial charge < -0.3 is 9.80 Å². The Bertz CT molecular complexity index is 443. The molecule has 0 aromatic carbocycles. The van der Waals surface area contributed by atoms with Crippen molar-refractivity contribution in [1.29, 1.82) is 0 Å². The molecule has 7 nitrogen and oxygen atoms in total. The third-order valence-electron chi connectivity index (χ3n) is 2.39. The third-order valence-corrected chi connectivity index (χ3v) is 3.50. The number of nitrogens with zero attached hydrogens (tertiary/aromatic N) is 5. The summed E-state index contributed by atoms with van der Waals surface area (Å²) in [5.41, 5.74) is 3.02. The van der Waals surface area contributed by atoms with Crippen LogP contribution in [0.3, 0.4) is 0 Å². The minimum atomic E-state index is -0.135. The molecular weight excluding hydrogens is 252 g/mol. The summed E-state index contributed by atoms with van der Waals surface area (Å²) < 4.78 is 1.65. The zero-order chi connectivity index (χ0) is 13.1. The van der Waals surface area contributed by atoms with Crippen LogP contribution in [0.5, 0.6) is 0 Å². The van der Waals surface area contributed by atoms with Gasteiger partial charge in [-0.25, -0.2) is 4.68 Å². The minimum absolute atomic E-state index is 0.0433. The molecule has 0 spiro atoms. The Kier molecular flexibility index (Phi) is 3.75. The number of thioether (sulfide) groups is 1. The van der Waals surface area contributed by atoms with E-state index in [0.29, 0.717) is 6.54 Å². The van der Waals surface area contributed by atoms with E-state index in [-0.39, 0.29) is 11.4 Å². The van der Waals surface area contributed by atoms with Crippen molar-refractivity contribution in [3.05, 3.63) is 23.8 Å². The Morgan fingerprint density at radius 1 is 1.50 bits per heavy atom. The SMILES string of the molecule is CCN1C(=O)/C(=C/N(C)C)S[C@@H]1Nn1cnnc1. The van der Waals surface area contributed by atoms with Gasteiger partial charge in [-0.2, -0.15) is 0 Å². The minimum Gasteiger partial charge on any atom is -0.382 e. The third kappa shape index (κ3) is 2.58. The van der Waals surface area contributed by atoms with Gasteiger partial charge in [-0.05, 0) is 6.92 Å². The van der Waals surface area contributed by atoms with E-state index < -0.39 is 0 Å². The average Bonchev–Trinajstić information content (AvgIpc) is 2.89. The van der Waals surface area contributed by atoms with Crippen molar-refractivity contribution in [2.45, 2.75) is 12.4 Å². The van der Waals surface area contributed by atoms with Gasteiger partial charge in [-0.3, -0.25) is 10.2 Å². The molecule has 0 radical (unpaired) electrons. The zero-order valence-corrected chi connectivity index (χ0v) is 11.4. The molecule has 0 aliphatic carbocycles. The lowest BCUT2D eigenvalue weighted by atomic mass is 10.4. The second-order valence-corrected chi connectivity index (χ2v) is 5.14. The van der Waals surface area contributed by atoms with E-state index in [9.17, 15) is 4.79 Å². The number of nitrogens with one attached hydrogen (secondary N) is 1. The molecule has 1 aromatic rings. The first-order valence-electron chi connectivity index (χ1n) is 5.59. The van der Waals surface area contributed by atoms with Gasteiger partial charge in [0, 0.05) is 26.8 Å². The monoisotopic (exact) mass is 268 g/mol. The Morgan fingerprint density at radius 3 is 2.72 bits per heavy atom. The van der Waals surface area contributed by atoms with Crippen LogP contribution in [0.25, 0.3) is 0 Å². The molecule has 1 aromatic heterocycles. The smallest absolute Gasteiger partial charge is 0.264 e. The fourth-order valence-corrected chi connectivity index (χ4v) is 2.88. The summed E-state index contributed by atoms with van der Waals surface area (Å²) in [6.07, 6.45) is 4.96. The normalized spacial score (nSPS) is 21.7. The van der Waals surface area contributed by atoms with Crippen LogP contribution in [0.15, 0.2) is 23.8 Å². The van der Waals surface area contributed by atoms with Gasteiger partial charge in [0.2, 0.25) is 0 Å². The number of hydrogen-bond donors (Lipinski definition) is 1. The molecule has 0 saturated carbocycles. The highest BCUT2D eigenvalue weighted by molar-refractivity contribution is 8.05. The van der Waals surface area contributed by atoms with E-state index in [4.69, 9.17) is 0 Å². The van der Waals surface area contributed by atoms with Gasteiger partial charge in [0.15, 0.2) is 5.50 Å². The molecule has 0 unspecified atom stereocenters. The first-order valence-corrected chi connectivity index (χ1v) is 6.47. The molecule has 1 aliphatic heterocycles. The van der Waals surface area contributed by atoms with Crippen LogP contribution >= 0.6 is 11.8 Å². The molecule has 0 bridgehead atoms. The lowest BCUT2D eigenvalue weighted by Crippen LogP contribution is -2.40. The van der Waals surface area contributed by atoms with Crippen molar-refractivity contribution >= 4 is 17.7 Å². The summed E-state index contributed by atoms with van der Waals surface area (Å²) in [4.78, 5) is 16.5. The van der Waals surface area contributed by atoms with Crippen molar-refractivity contribution in [2.75, 3.05) is 26.1 Å². The summed E-state index contributed by atoms with van der Waals surface area (Å²) in [5, 5.41) is 7.43. The van der Waals surface area contributed by atoms with E-state index >= 15 is 0 Å². The predicted octanol–water partition coefficient (Wildman–Crippen LogP) is 0.103. The highest BCUT2D eigenvalue weighted by atomic mass is 32.2. The second kappa shape index (κ2) is 5.30. The molecule has 1 fully saturated rings. The summed E-state index contributed by atoms with van der Waals surface area (Å²) >= 11 is 1.49. The lowest BCUT2D eigenvalue weighted by Gasteiger charge is -2.22. The Labute approximate surface area is 110 Å². The van der Waals surface area contributed by atoms with Crippen LogP contribution in [0.4, 0.5) is 0 Å². The van der Waals surface area contributed by atoms with Gasteiger partial charge in [0.25, 0.3) is 5.91 Å². The molecule has 1 N–H and O–H groups in total. The summed E-state index contributed by atoms with van der Waals surface area (Å²) in [7, 11) is 3.80. The molecule has 98 valence electrons. The quantitative estimate of drug-likeness (QED) is 0.782. The van der Waals surface area contributed by atoms with Crippen molar-refractivity contribution in [2.24, 2.45) is 0 Å². The molecule has 18 heavy (non-hydrogen) atoms. The maximum absolute atomic E-state index is 12.1. The Hall–Kier alpha value is -1.70. The summed E-state index contributed by atoms with van der Waals surface area (Å²) in [6, 6.07) is 0. The highest BCUT2D eigenvalue weighted by Gasteiger charge is 2.35. The largest absolute Gasteiger partial charge is 0.382 e. The fourth-order valence-electron chi connectivity index (χ4n) is 1.60. The molecular formula is C10H16N6OS. The van der Waals surface area contributed by atoms with E-state index in [2.05, 4.69) is 15.6 Å². The van der Waals surface area contributed by atoms with Crippen molar-refractivity contribution in [1.82, 2.24) is 24.7 Å². The lowest BCUT2D eigenvalue weighted by molar-refractivity contribution is -0.125. The number of rotatable bonds is 4. The molecule has 1 amide bonds. The Balaban J connectivity index is 2.13. The maximum Gasteiger partial charge on any atom is 0.264 e. The van der Waals surface area contributed by atoms with E-state index in [1.807, 2.05) is 32.1 Å². The number of hydrogen-bond acceptors (Lipinski definition) is 6. The Morgan fingerprint density at radius 2 is 2.17 bits per heavy atom. The molecule has 2 heterocycles. The first-order chi connectivity index (χ1) is 8.61. The first kappa shape index (κ1) is 12.7. The average molecular weight is 268 g/mol. The molecule has 1 atom stereocenters. The van der Waals surface area contributed by atoms with Crippen LogP contribution in [0.1, 0.15) is 6.92 Å². The van der Waals surface area contributed by atoms with Crippen LogP contribution in [-0.2, 0) is 4.79 Å². The van der Waals surface area contributed by atoms with Gasteiger partial charge in [-0.15, -0.1) is 10.2 Å². The van der Waals surface area contributed by atoms with Gasteiger partial charge in [0.1, 0.15) is 12.7 Å². The second-order valence-electron chi connectivity index (χ2n) is 4.02. The number of carbonyl (C=O) groups is 1. The van der Waals surface area contributed by atoms with Crippen LogP contribution in [0, 0.1) is 0 Å². The van der Waals surface area contributed by atoms with Gasteiger partial charge >= 0.3 is 0 Å². The summed E-state index contributed by atoms with van der Waals surface area (Å²) in [6.45, 7) is 2.61. The van der Waals surface area contributed by atoms with Crippen molar-refractivity contribution in [3.8, 4) is 0 Å². The van der Waals surface area contributed by atoms with Crippen molar-refractivity contribution < 1.29 is 4.79 Å². The van der Waals surface area contributed by atoms with E-state index in [0.717, 1.165) is 4.91 Å². The predicted molar refractivity (Wildman–Crippen MR) is 69.9 cm³/mol. The summed E-state index contributed by atoms with van der Waals surface area (Å²) in [5.74, 6) is 0.0433. The molecule has 8 heteroatoms. The van der Waals surface area contributed by atoms with Crippen LogP contribution in [-0.4, -0.2) is 56.7 Å².